The summed E-state index contributed by atoms with van der Waals surface area (Å²) in [5.74, 6) is 0.757. The van der Waals surface area contributed by atoms with E-state index in [-0.39, 0.29) is 0 Å². The van der Waals surface area contributed by atoms with Crippen LogP contribution in [0.15, 0.2) is 18.2 Å². The molecule has 1 aliphatic rings. The van der Waals surface area contributed by atoms with Crippen LogP contribution in [0.3, 0.4) is 0 Å². The van der Waals surface area contributed by atoms with E-state index in [0.29, 0.717) is 16.1 Å². The van der Waals surface area contributed by atoms with Crippen LogP contribution in [0.4, 0.5) is 5.69 Å². The largest absolute Gasteiger partial charge is 0.398 e. The number of halogens is 1. The van der Waals surface area contributed by atoms with Crippen LogP contribution in [0.1, 0.15) is 32.6 Å². The molecule has 5 nitrogen and oxygen atoms in total. The molecule has 0 bridgehead atoms. The second kappa shape index (κ2) is 5.05. The summed E-state index contributed by atoms with van der Waals surface area (Å²) in [6, 6.07) is 5.51. The van der Waals surface area contributed by atoms with Crippen molar-refractivity contribution in [2.24, 2.45) is 5.41 Å². The van der Waals surface area contributed by atoms with Crippen LogP contribution in [0.5, 0.6) is 0 Å². The summed E-state index contributed by atoms with van der Waals surface area (Å²) < 4.78 is 1.89. The lowest BCUT2D eigenvalue weighted by molar-refractivity contribution is 0.0948. The molecule has 1 saturated carbocycles. The molecule has 0 unspecified atom stereocenters. The van der Waals surface area contributed by atoms with Crippen molar-refractivity contribution in [3.63, 3.8) is 0 Å². The van der Waals surface area contributed by atoms with E-state index >= 15 is 0 Å². The van der Waals surface area contributed by atoms with E-state index in [2.05, 4.69) is 22.4 Å². The number of rotatable bonds is 4. The van der Waals surface area contributed by atoms with Crippen molar-refractivity contribution in [3.8, 4) is 11.4 Å². The van der Waals surface area contributed by atoms with E-state index in [1.807, 2.05) is 16.8 Å². The summed E-state index contributed by atoms with van der Waals surface area (Å²) >= 11 is 5.96. The fourth-order valence-corrected chi connectivity index (χ4v) is 2.94. The molecule has 6 heteroatoms. The molecule has 20 heavy (non-hydrogen) atoms. The first-order chi connectivity index (χ1) is 9.63. The molecule has 0 aliphatic heterocycles. The van der Waals surface area contributed by atoms with Crippen molar-refractivity contribution < 1.29 is 0 Å². The Kier molecular flexibility index (Phi) is 3.38. The van der Waals surface area contributed by atoms with Gasteiger partial charge in [-0.25, -0.2) is 4.68 Å². The summed E-state index contributed by atoms with van der Waals surface area (Å²) in [7, 11) is 0. The zero-order valence-corrected chi connectivity index (χ0v) is 12.3. The third kappa shape index (κ3) is 2.26. The van der Waals surface area contributed by atoms with Crippen LogP contribution in [0, 0.1) is 5.41 Å². The molecule has 0 atom stereocenters. The first-order valence-electron chi connectivity index (χ1n) is 6.95. The number of aromatic nitrogens is 4. The average Bonchev–Trinajstić information content (AvgIpc) is 2.85. The molecule has 0 radical (unpaired) electrons. The van der Waals surface area contributed by atoms with Gasteiger partial charge < -0.3 is 5.73 Å². The van der Waals surface area contributed by atoms with Crippen molar-refractivity contribution >= 4 is 17.3 Å². The van der Waals surface area contributed by atoms with E-state index < -0.39 is 0 Å². The molecular weight excluding hydrogens is 274 g/mol. The Morgan fingerprint density at radius 1 is 1.40 bits per heavy atom. The lowest BCUT2D eigenvalue weighted by Crippen LogP contribution is -2.34. The number of hydrogen-bond donors (Lipinski definition) is 1. The molecule has 0 amide bonds. The summed E-state index contributed by atoms with van der Waals surface area (Å²) in [5, 5.41) is 12.6. The van der Waals surface area contributed by atoms with Crippen molar-refractivity contribution in [1.82, 2.24) is 20.2 Å². The molecule has 0 spiro atoms. The summed E-state index contributed by atoms with van der Waals surface area (Å²) in [5.41, 5.74) is 7.67. The van der Waals surface area contributed by atoms with Gasteiger partial charge in [-0.05, 0) is 53.3 Å². The number of anilines is 1. The van der Waals surface area contributed by atoms with Gasteiger partial charge in [-0.3, -0.25) is 0 Å². The van der Waals surface area contributed by atoms with Crippen molar-refractivity contribution in [2.75, 3.05) is 5.73 Å². The Bertz CT molecular complexity index is 612. The lowest BCUT2D eigenvalue weighted by Gasteiger charge is -2.41. The van der Waals surface area contributed by atoms with Gasteiger partial charge >= 0.3 is 0 Å². The van der Waals surface area contributed by atoms with Crippen LogP contribution in [-0.4, -0.2) is 20.2 Å². The molecule has 2 aromatic rings. The third-order valence-corrected chi connectivity index (χ3v) is 4.78. The van der Waals surface area contributed by atoms with Gasteiger partial charge in [0.25, 0.3) is 0 Å². The van der Waals surface area contributed by atoms with Gasteiger partial charge in [0.15, 0.2) is 5.82 Å². The fourth-order valence-electron chi connectivity index (χ4n) is 2.82. The number of nitrogens with zero attached hydrogens (tertiary/aromatic N) is 4. The van der Waals surface area contributed by atoms with Crippen LogP contribution in [0.25, 0.3) is 11.4 Å². The van der Waals surface area contributed by atoms with E-state index in [9.17, 15) is 0 Å². The highest BCUT2D eigenvalue weighted by Crippen LogP contribution is 2.45. The molecule has 106 valence electrons. The molecule has 1 heterocycles. The third-order valence-electron chi connectivity index (χ3n) is 4.44. The van der Waals surface area contributed by atoms with Crippen LogP contribution >= 0.6 is 11.6 Å². The zero-order valence-electron chi connectivity index (χ0n) is 11.5. The highest BCUT2D eigenvalue weighted by atomic mass is 35.5. The highest BCUT2D eigenvalue weighted by Gasteiger charge is 2.36. The molecule has 1 aliphatic carbocycles. The Hall–Kier alpha value is -1.62. The number of nitrogens with two attached hydrogens (primary N) is 1. The van der Waals surface area contributed by atoms with E-state index in [1.165, 1.54) is 19.3 Å². The predicted molar refractivity (Wildman–Crippen MR) is 79.3 cm³/mol. The lowest BCUT2D eigenvalue weighted by atomic mass is 9.67. The van der Waals surface area contributed by atoms with E-state index in [0.717, 1.165) is 24.4 Å². The molecule has 0 saturated heterocycles. The van der Waals surface area contributed by atoms with Crippen molar-refractivity contribution in [3.05, 3.63) is 23.2 Å². The van der Waals surface area contributed by atoms with Crippen LogP contribution in [0.2, 0.25) is 5.02 Å². The van der Waals surface area contributed by atoms with Gasteiger partial charge in [0, 0.05) is 5.56 Å². The molecular formula is C14H18ClN5. The first kappa shape index (κ1) is 13.4. The smallest absolute Gasteiger partial charge is 0.182 e. The highest BCUT2D eigenvalue weighted by molar-refractivity contribution is 6.33. The number of benzene rings is 1. The molecule has 3 rings (SSSR count). The van der Waals surface area contributed by atoms with Gasteiger partial charge in [0.1, 0.15) is 0 Å². The summed E-state index contributed by atoms with van der Waals surface area (Å²) in [6.07, 6.45) is 4.98. The summed E-state index contributed by atoms with van der Waals surface area (Å²) in [6.45, 7) is 3.11. The second-order valence-electron chi connectivity index (χ2n) is 5.60. The van der Waals surface area contributed by atoms with E-state index in [1.54, 1.807) is 6.07 Å². The fraction of sp³-hybridized carbons (Fsp3) is 0.500. The van der Waals surface area contributed by atoms with Gasteiger partial charge in [0.2, 0.25) is 0 Å². The van der Waals surface area contributed by atoms with Crippen LogP contribution in [-0.2, 0) is 6.54 Å². The maximum atomic E-state index is 5.96. The maximum absolute atomic E-state index is 5.96. The Labute approximate surface area is 123 Å². The predicted octanol–water partition coefficient (Wildman–Crippen LogP) is 3.16. The normalized spacial score (nSPS) is 16.9. The van der Waals surface area contributed by atoms with Crippen molar-refractivity contribution in [1.29, 1.82) is 0 Å². The van der Waals surface area contributed by atoms with Gasteiger partial charge in [-0.2, -0.15) is 0 Å². The Balaban J connectivity index is 1.91. The summed E-state index contributed by atoms with van der Waals surface area (Å²) in [4.78, 5) is 0. The standard InChI is InChI=1S/C14H18ClN5/c1-2-14(6-3-7-14)9-20-13(17-18-19-20)10-4-5-11(15)12(16)8-10/h4-5,8H,2-3,6-7,9,16H2,1H3. The second-order valence-corrected chi connectivity index (χ2v) is 6.01. The van der Waals surface area contributed by atoms with Gasteiger partial charge in [0.05, 0.1) is 17.3 Å². The number of tetrazole rings is 1. The topological polar surface area (TPSA) is 69.6 Å². The average molecular weight is 292 g/mol. The Morgan fingerprint density at radius 2 is 2.20 bits per heavy atom. The van der Waals surface area contributed by atoms with Crippen LogP contribution < -0.4 is 5.73 Å². The Morgan fingerprint density at radius 3 is 2.80 bits per heavy atom. The van der Waals surface area contributed by atoms with Gasteiger partial charge in [-0.15, -0.1) is 5.10 Å². The minimum absolute atomic E-state index is 0.363. The zero-order chi connectivity index (χ0) is 14.2. The van der Waals surface area contributed by atoms with Crippen molar-refractivity contribution in [2.45, 2.75) is 39.2 Å². The minimum Gasteiger partial charge on any atom is -0.398 e. The SMILES string of the molecule is CCC1(Cn2nnnc2-c2ccc(Cl)c(N)c2)CCC1. The quantitative estimate of drug-likeness (QED) is 0.879. The molecule has 2 N–H and O–H groups in total. The first-order valence-corrected chi connectivity index (χ1v) is 7.33. The van der Waals surface area contributed by atoms with Gasteiger partial charge in [-0.1, -0.05) is 24.9 Å². The minimum atomic E-state index is 0.363. The number of hydrogen-bond acceptors (Lipinski definition) is 4. The van der Waals surface area contributed by atoms with E-state index in [4.69, 9.17) is 17.3 Å². The molecule has 1 aromatic carbocycles. The monoisotopic (exact) mass is 291 g/mol. The molecule has 1 aromatic heterocycles. The number of nitrogen functional groups attached to an aromatic ring is 1. The maximum Gasteiger partial charge on any atom is 0.182 e. The molecule has 1 fully saturated rings.